The standard InChI is InChI=1S/C14H28N4O3/c1-14(2,12(19)20)11-15-13(21)18-9-7-17(8-10-18)6-5-16(3)4/h5-11H2,1-4H3,(H,15,21)(H,19,20). The molecule has 0 radical (unpaired) electrons. The molecule has 1 aliphatic rings. The Morgan fingerprint density at radius 1 is 1.19 bits per heavy atom. The van der Waals surface area contributed by atoms with Gasteiger partial charge in [-0.15, -0.1) is 0 Å². The topological polar surface area (TPSA) is 76.1 Å². The van der Waals surface area contributed by atoms with Crippen LogP contribution in [0.4, 0.5) is 4.79 Å². The van der Waals surface area contributed by atoms with Crippen molar-refractivity contribution in [2.24, 2.45) is 5.41 Å². The molecule has 0 saturated carbocycles. The lowest BCUT2D eigenvalue weighted by atomic mass is 9.94. The molecule has 0 aromatic carbocycles. The first-order valence-corrected chi connectivity index (χ1v) is 7.35. The summed E-state index contributed by atoms with van der Waals surface area (Å²) in [5.74, 6) is -0.906. The Labute approximate surface area is 126 Å². The van der Waals surface area contributed by atoms with Crippen LogP contribution in [0.15, 0.2) is 0 Å². The van der Waals surface area contributed by atoms with Crippen molar-refractivity contribution >= 4 is 12.0 Å². The van der Waals surface area contributed by atoms with Crippen LogP contribution >= 0.6 is 0 Å². The molecule has 0 atom stereocenters. The van der Waals surface area contributed by atoms with Gasteiger partial charge in [-0.3, -0.25) is 9.69 Å². The largest absolute Gasteiger partial charge is 0.481 e. The number of likely N-dealkylation sites (N-methyl/N-ethyl adjacent to an activating group) is 1. The van der Waals surface area contributed by atoms with Crippen molar-refractivity contribution in [2.75, 3.05) is 59.9 Å². The van der Waals surface area contributed by atoms with Crippen LogP contribution in [0.3, 0.4) is 0 Å². The second-order valence-corrected chi connectivity index (χ2v) is 6.48. The zero-order chi connectivity index (χ0) is 16.0. The van der Waals surface area contributed by atoms with Crippen molar-refractivity contribution in [2.45, 2.75) is 13.8 Å². The molecule has 1 heterocycles. The Bertz CT molecular complexity index is 363. The molecule has 0 aromatic heterocycles. The number of aliphatic carboxylic acids is 1. The number of urea groups is 1. The number of nitrogens with zero attached hydrogens (tertiary/aromatic N) is 3. The fourth-order valence-electron chi connectivity index (χ4n) is 2.00. The summed E-state index contributed by atoms with van der Waals surface area (Å²) < 4.78 is 0. The molecule has 1 saturated heterocycles. The number of hydrogen-bond donors (Lipinski definition) is 2. The molecule has 0 unspecified atom stereocenters. The van der Waals surface area contributed by atoms with E-state index in [4.69, 9.17) is 5.11 Å². The molecule has 7 nitrogen and oxygen atoms in total. The molecule has 1 fully saturated rings. The van der Waals surface area contributed by atoms with Crippen LogP contribution in [-0.4, -0.2) is 91.7 Å². The van der Waals surface area contributed by atoms with Crippen LogP contribution in [-0.2, 0) is 4.79 Å². The maximum absolute atomic E-state index is 12.0. The number of amides is 2. The van der Waals surface area contributed by atoms with E-state index in [1.54, 1.807) is 18.7 Å². The maximum atomic E-state index is 12.0. The van der Waals surface area contributed by atoms with E-state index < -0.39 is 11.4 Å². The molecule has 1 aliphatic heterocycles. The third kappa shape index (κ3) is 5.89. The van der Waals surface area contributed by atoms with Gasteiger partial charge in [-0.1, -0.05) is 0 Å². The van der Waals surface area contributed by atoms with E-state index in [9.17, 15) is 9.59 Å². The Kier molecular flexibility index (Phi) is 6.42. The number of piperazine rings is 1. The number of carbonyl (C=O) groups is 2. The van der Waals surface area contributed by atoms with Gasteiger partial charge in [0.05, 0.1) is 5.41 Å². The molecule has 0 aromatic rings. The average molecular weight is 300 g/mol. The summed E-state index contributed by atoms with van der Waals surface area (Å²) in [6.45, 7) is 8.48. The van der Waals surface area contributed by atoms with Gasteiger partial charge in [0.2, 0.25) is 0 Å². The third-order valence-corrected chi connectivity index (χ3v) is 3.78. The zero-order valence-corrected chi connectivity index (χ0v) is 13.6. The van der Waals surface area contributed by atoms with E-state index in [0.717, 1.165) is 26.2 Å². The van der Waals surface area contributed by atoms with Gasteiger partial charge in [0, 0.05) is 45.8 Å². The second kappa shape index (κ2) is 7.61. The number of carboxylic acid groups (broad SMARTS) is 1. The van der Waals surface area contributed by atoms with E-state index in [2.05, 4.69) is 15.1 Å². The van der Waals surface area contributed by atoms with Gasteiger partial charge in [0.1, 0.15) is 0 Å². The van der Waals surface area contributed by atoms with Gasteiger partial charge in [-0.05, 0) is 27.9 Å². The fraction of sp³-hybridized carbons (Fsp3) is 0.857. The van der Waals surface area contributed by atoms with Crippen molar-refractivity contribution in [3.8, 4) is 0 Å². The van der Waals surface area contributed by atoms with E-state index in [-0.39, 0.29) is 12.6 Å². The van der Waals surface area contributed by atoms with Crippen molar-refractivity contribution in [1.29, 1.82) is 0 Å². The van der Waals surface area contributed by atoms with Crippen molar-refractivity contribution in [1.82, 2.24) is 20.0 Å². The summed E-state index contributed by atoms with van der Waals surface area (Å²) in [5, 5.41) is 11.7. The van der Waals surface area contributed by atoms with Gasteiger partial charge in [-0.25, -0.2) is 4.79 Å². The van der Waals surface area contributed by atoms with Crippen LogP contribution in [0.5, 0.6) is 0 Å². The predicted molar refractivity (Wildman–Crippen MR) is 81.4 cm³/mol. The summed E-state index contributed by atoms with van der Waals surface area (Å²) in [6, 6.07) is -0.170. The highest BCUT2D eigenvalue weighted by Gasteiger charge is 2.29. The number of rotatable bonds is 6. The van der Waals surface area contributed by atoms with E-state index in [1.807, 2.05) is 14.1 Å². The third-order valence-electron chi connectivity index (χ3n) is 3.78. The van der Waals surface area contributed by atoms with Crippen molar-refractivity contribution in [3.63, 3.8) is 0 Å². The summed E-state index contributed by atoms with van der Waals surface area (Å²) in [6.07, 6.45) is 0. The SMILES string of the molecule is CN(C)CCN1CCN(C(=O)NCC(C)(C)C(=O)O)CC1. The Hall–Kier alpha value is -1.34. The monoisotopic (exact) mass is 300 g/mol. The van der Waals surface area contributed by atoms with Gasteiger partial charge >= 0.3 is 12.0 Å². The van der Waals surface area contributed by atoms with E-state index in [1.165, 1.54) is 0 Å². The molecule has 2 amide bonds. The average Bonchev–Trinajstić information content (AvgIpc) is 2.43. The molecular formula is C14H28N4O3. The quantitative estimate of drug-likeness (QED) is 0.721. The molecule has 0 bridgehead atoms. The van der Waals surface area contributed by atoms with E-state index in [0.29, 0.717) is 13.1 Å². The van der Waals surface area contributed by atoms with Gasteiger partial charge < -0.3 is 20.2 Å². The minimum Gasteiger partial charge on any atom is -0.481 e. The Morgan fingerprint density at radius 2 is 1.76 bits per heavy atom. The molecule has 21 heavy (non-hydrogen) atoms. The highest BCUT2D eigenvalue weighted by atomic mass is 16.4. The lowest BCUT2D eigenvalue weighted by molar-refractivity contribution is -0.146. The first-order chi connectivity index (χ1) is 9.72. The van der Waals surface area contributed by atoms with Gasteiger partial charge in [-0.2, -0.15) is 0 Å². The number of carboxylic acids is 1. The molecular weight excluding hydrogens is 272 g/mol. The normalized spacial score (nSPS) is 17.1. The zero-order valence-electron chi connectivity index (χ0n) is 13.6. The Morgan fingerprint density at radius 3 is 2.24 bits per heavy atom. The molecule has 2 N–H and O–H groups in total. The summed E-state index contributed by atoms with van der Waals surface area (Å²) in [5.41, 5.74) is -0.941. The van der Waals surface area contributed by atoms with Crippen LogP contribution in [0, 0.1) is 5.41 Å². The first-order valence-electron chi connectivity index (χ1n) is 7.35. The molecule has 7 heteroatoms. The maximum Gasteiger partial charge on any atom is 0.317 e. The van der Waals surface area contributed by atoms with Gasteiger partial charge in [0.15, 0.2) is 0 Å². The number of carbonyl (C=O) groups excluding carboxylic acids is 1. The lowest BCUT2D eigenvalue weighted by Gasteiger charge is -2.35. The van der Waals surface area contributed by atoms with Crippen molar-refractivity contribution < 1.29 is 14.7 Å². The highest BCUT2D eigenvalue weighted by molar-refractivity contribution is 5.77. The summed E-state index contributed by atoms with van der Waals surface area (Å²) in [4.78, 5) is 29.3. The lowest BCUT2D eigenvalue weighted by Crippen LogP contribution is -2.53. The first kappa shape index (κ1) is 17.7. The summed E-state index contributed by atoms with van der Waals surface area (Å²) >= 11 is 0. The minimum atomic E-state index is -0.941. The Balaban J connectivity index is 2.30. The molecule has 0 aliphatic carbocycles. The van der Waals surface area contributed by atoms with Gasteiger partial charge in [0.25, 0.3) is 0 Å². The van der Waals surface area contributed by atoms with Crippen LogP contribution in [0.2, 0.25) is 0 Å². The molecule has 1 rings (SSSR count). The van der Waals surface area contributed by atoms with Crippen LogP contribution in [0.1, 0.15) is 13.8 Å². The highest BCUT2D eigenvalue weighted by Crippen LogP contribution is 2.13. The van der Waals surface area contributed by atoms with Crippen molar-refractivity contribution in [3.05, 3.63) is 0 Å². The number of nitrogens with one attached hydrogen (secondary N) is 1. The molecule has 122 valence electrons. The van der Waals surface area contributed by atoms with Crippen LogP contribution in [0.25, 0.3) is 0 Å². The minimum absolute atomic E-state index is 0.141. The summed E-state index contributed by atoms with van der Waals surface area (Å²) in [7, 11) is 4.10. The van der Waals surface area contributed by atoms with E-state index >= 15 is 0 Å². The fourth-order valence-corrected chi connectivity index (χ4v) is 2.00. The predicted octanol–water partition coefficient (Wildman–Crippen LogP) is -0.0140. The number of hydrogen-bond acceptors (Lipinski definition) is 4. The van der Waals surface area contributed by atoms with Crippen LogP contribution < -0.4 is 5.32 Å². The second-order valence-electron chi connectivity index (χ2n) is 6.48. The molecule has 0 spiro atoms. The smallest absolute Gasteiger partial charge is 0.317 e.